The van der Waals surface area contributed by atoms with E-state index < -0.39 is 0 Å². The van der Waals surface area contributed by atoms with E-state index in [-0.39, 0.29) is 5.91 Å². The van der Waals surface area contributed by atoms with Gasteiger partial charge in [-0.15, -0.1) is 10.2 Å². The summed E-state index contributed by atoms with van der Waals surface area (Å²) in [6, 6.07) is 12.9. The molecule has 2 rings (SSSR count). The fourth-order valence-electron chi connectivity index (χ4n) is 1.58. The van der Waals surface area contributed by atoms with Crippen molar-refractivity contribution in [3.05, 3.63) is 53.7 Å². The Morgan fingerprint density at radius 3 is 2.50 bits per heavy atom. The van der Waals surface area contributed by atoms with E-state index >= 15 is 0 Å². The number of nitrogens with two attached hydrogens (primary N) is 1. The molecule has 1 aromatic carbocycles. The Bertz CT molecular complexity index is 524. The van der Waals surface area contributed by atoms with Crippen molar-refractivity contribution in [2.75, 3.05) is 12.8 Å². The van der Waals surface area contributed by atoms with Gasteiger partial charge in [0.15, 0.2) is 5.69 Å². The molecular formula is C13H14N4O. The number of anilines is 1. The van der Waals surface area contributed by atoms with Gasteiger partial charge in [0.1, 0.15) is 5.82 Å². The SMILES string of the molecule is CN(Cc1ccccc1)C(=O)c1ccc(N)nn1. The minimum Gasteiger partial charge on any atom is -0.382 e. The summed E-state index contributed by atoms with van der Waals surface area (Å²) < 4.78 is 0. The number of nitrogens with zero attached hydrogens (tertiary/aromatic N) is 3. The molecule has 0 unspecified atom stereocenters. The first kappa shape index (κ1) is 12.0. The lowest BCUT2D eigenvalue weighted by Crippen LogP contribution is -2.27. The van der Waals surface area contributed by atoms with Crippen LogP contribution in [-0.4, -0.2) is 28.1 Å². The van der Waals surface area contributed by atoms with Crippen molar-refractivity contribution in [3.8, 4) is 0 Å². The molecule has 1 heterocycles. The van der Waals surface area contributed by atoms with E-state index in [1.54, 1.807) is 24.1 Å². The van der Waals surface area contributed by atoms with E-state index in [1.165, 1.54) is 0 Å². The Morgan fingerprint density at radius 1 is 1.17 bits per heavy atom. The van der Waals surface area contributed by atoms with Gasteiger partial charge in [0.05, 0.1) is 0 Å². The third-order valence-electron chi connectivity index (χ3n) is 2.51. The van der Waals surface area contributed by atoms with Gasteiger partial charge in [0, 0.05) is 13.6 Å². The first-order valence-electron chi connectivity index (χ1n) is 5.55. The van der Waals surface area contributed by atoms with E-state index in [2.05, 4.69) is 10.2 Å². The van der Waals surface area contributed by atoms with Crippen LogP contribution >= 0.6 is 0 Å². The number of hydrogen-bond donors (Lipinski definition) is 1. The lowest BCUT2D eigenvalue weighted by Gasteiger charge is -2.16. The summed E-state index contributed by atoms with van der Waals surface area (Å²) in [7, 11) is 1.73. The molecule has 18 heavy (non-hydrogen) atoms. The van der Waals surface area contributed by atoms with E-state index in [4.69, 9.17) is 5.73 Å². The number of aromatic nitrogens is 2. The monoisotopic (exact) mass is 242 g/mol. The molecular weight excluding hydrogens is 228 g/mol. The van der Waals surface area contributed by atoms with Crippen molar-refractivity contribution < 1.29 is 4.79 Å². The van der Waals surface area contributed by atoms with Gasteiger partial charge in [0.25, 0.3) is 5.91 Å². The molecule has 0 saturated carbocycles. The molecule has 5 nitrogen and oxygen atoms in total. The largest absolute Gasteiger partial charge is 0.382 e. The average molecular weight is 242 g/mol. The second kappa shape index (κ2) is 5.27. The summed E-state index contributed by atoms with van der Waals surface area (Å²) in [5.41, 5.74) is 6.79. The molecule has 0 saturated heterocycles. The van der Waals surface area contributed by atoms with Crippen molar-refractivity contribution in [2.45, 2.75) is 6.54 Å². The van der Waals surface area contributed by atoms with Gasteiger partial charge in [-0.1, -0.05) is 30.3 Å². The quantitative estimate of drug-likeness (QED) is 0.881. The van der Waals surface area contributed by atoms with Crippen LogP contribution in [0.1, 0.15) is 16.1 Å². The second-order valence-electron chi connectivity index (χ2n) is 3.99. The molecule has 92 valence electrons. The van der Waals surface area contributed by atoms with Gasteiger partial charge in [-0.3, -0.25) is 4.79 Å². The smallest absolute Gasteiger partial charge is 0.274 e. The van der Waals surface area contributed by atoms with Crippen molar-refractivity contribution in [1.82, 2.24) is 15.1 Å². The third-order valence-corrected chi connectivity index (χ3v) is 2.51. The predicted octanol–water partition coefficient (Wildman–Crippen LogP) is 1.33. The minimum atomic E-state index is -0.175. The number of rotatable bonds is 3. The van der Waals surface area contributed by atoms with Gasteiger partial charge >= 0.3 is 0 Å². The highest BCUT2D eigenvalue weighted by molar-refractivity contribution is 5.92. The van der Waals surface area contributed by atoms with E-state index in [9.17, 15) is 4.79 Å². The van der Waals surface area contributed by atoms with E-state index in [1.807, 2.05) is 30.3 Å². The van der Waals surface area contributed by atoms with Crippen LogP contribution in [0, 0.1) is 0 Å². The molecule has 5 heteroatoms. The standard InChI is InChI=1S/C13H14N4O/c1-17(9-10-5-3-2-4-6-10)13(18)11-7-8-12(14)16-15-11/h2-8H,9H2,1H3,(H2,14,16). The van der Waals surface area contributed by atoms with Gasteiger partial charge in [-0.2, -0.15) is 0 Å². The molecule has 2 N–H and O–H groups in total. The summed E-state index contributed by atoms with van der Waals surface area (Å²) in [5.74, 6) is 0.128. The zero-order valence-corrected chi connectivity index (χ0v) is 10.1. The highest BCUT2D eigenvalue weighted by atomic mass is 16.2. The number of carbonyl (C=O) groups excluding carboxylic acids is 1. The van der Waals surface area contributed by atoms with Crippen molar-refractivity contribution in [2.24, 2.45) is 0 Å². The second-order valence-corrected chi connectivity index (χ2v) is 3.99. The van der Waals surface area contributed by atoms with Gasteiger partial charge in [-0.05, 0) is 17.7 Å². The van der Waals surface area contributed by atoms with Crippen LogP contribution in [0.3, 0.4) is 0 Å². The lowest BCUT2D eigenvalue weighted by atomic mass is 10.2. The molecule has 0 radical (unpaired) electrons. The Hall–Kier alpha value is -2.43. The van der Waals surface area contributed by atoms with Crippen LogP contribution in [-0.2, 0) is 6.54 Å². The maximum absolute atomic E-state index is 12.0. The van der Waals surface area contributed by atoms with Crippen LogP contribution in [0.25, 0.3) is 0 Å². The maximum atomic E-state index is 12.0. The minimum absolute atomic E-state index is 0.175. The lowest BCUT2D eigenvalue weighted by molar-refractivity contribution is 0.0778. The van der Waals surface area contributed by atoms with Crippen LogP contribution in [0.15, 0.2) is 42.5 Å². The number of benzene rings is 1. The summed E-state index contributed by atoms with van der Waals surface area (Å²) in [6.45, 7) is 0.533. The zero-order chi connectivity index (χ0) is 13.0. The van der Waals surface area contributed by atoms with Crippen molar-refractivity contribution in [3.63, 3.8) is 0 Å². The van der Waals surface area contributed by atoms with E-state index in [0.29, 0.717) is 18.1 Å². The third kappa shape index (κ3) is 2.82. The van der Waals surface area contributed by atoms with Crippen LogP contribution < -0.4 is 5.73 Å². The molecule has 0 atom stereocenters. The van der Waals surface area contributed by atoms with Crippen LogP contribution in [0.4, 0.5) is 5.82 Å². The molecule has 0 spiro atoms. The number of nitrogen functional groups attached to an aromatic ring is 1. The summed E-state index contributed by atoms with van der Waals surface area (Å²) in [4.78, 5) is 13.6. The number of hydrogen-bond acceptors (Lipinski definition) is 4. The molecule has 0 aliphatic carbocycles. The van der Waals surface area contributed by atoms with Crippen LogP contribution in [0.5, 0.6) is 0 Å². The normalized spacial score (nSPS) is 10.1. The Balaban J connectivity index is 2.07. The first-order chi connectivity index (χ1) is 8.66. The Labute approximate surface area is 105 Å². The van der Waals surface area contributed by atoms with Crippen molar-refractivity contribution >= 4 is 11.7 Å². The maximum Gasteiger partial charge on any atom is 0.274 e. The summed E-state index contributed by atoms with van der Waals surface area (Å²) in [5, 5.41) is 7.44. The molecule has 0 aliphatic rings. The molecule has 2 aromatic rings. The fraction of sp³-hybridized carbons (Fsp3) is 0.154. The molecule has 1 aromatic heterocycles. The Kier molecular flexibility index (Phi) is 3.52. The summed E-state index contributed by atoms with van der Waals surface area (Å²) in [6.07, 6.45) is 0. The first-order valence-corrected chi connectivity index (χ1v) is 5.55. The number of amides is 1. The zero-order valence-electron chi connectivity index (χ0n) is 10.1. The highest BCUT2D eigenvalue weighted by Gasteiger charge is 2.13. The van der Waals surface area contributed by atoms with Crippen molar-refractivity contribution in [1.29, 1.82) is 0 Å². The molecule has 0 aliphatic heterocycles. The topological polar surface area (TPSA) is 72.1 Å². The molecule has 1 amide bonds. The van der Waals surface area contributed by atoms with E-state index in [0.717, 1.165) is 5.56 Å². The highest BCUT2D eigenvalue weighted by Crippen LogP contribution is 2.06. The Morgan fingerprint density at radius 2 is 1.89 bits per heavy atom. The number of carbonyl (C=O) groups is 1. The van der Waals surface area contributed by atoms with Gasteiger partial charge in [-0.25, -0.2) is 0 Å². The predicted molar refractivity (Wildman–Crippen MR) is 68.7 cm³/mol. The molecule has 0 bridgehead atoms. The molecule has 0 fully saturated rings. The van der Waals surface area contributed by atoms with Crippen LogP contribution in [0.2, 0.25) is 0 Å². The fourth-order valence-corrected chi connectivity index (χ4v) is 1.58. The van der Waals surface area contributed by atoms with Gasteiger partial charge < -0.3 is 10.6 Å². The summed E-state index contributed by atoms with van der Waals surface area (Å²) >= 11 is 0. The van der Waals surface area contributed by atoms with Gasteiger partial charge in [0.2, 0.25) is 0 Å². The average Bonchev–Trinajstić information content (AvgIpc) is 2.40.